The summed E-state index contributed by atoms with van der Waals surface area (Å²) in [4.78, 5) is 0. The molecule has 0 radical (unpaired) electrons. The van der Waals surface area contributed by atoms with Crippen LogP contribution in [0.3, 0.4) is 0 Å². The molecular formula is C10H26O. The van der Waals surface area contributed by atoms with E-state index in [0.717, 1.165) is 12.8 Å². The van der Waals surface area contributed by atoms with Crippen molar-refractivity contribution in [1.29, 1.82) is 0 Å². The van der Waals surface area contributed by atoms with Crippen LogP contribution in [0.2, 0.25) is 0 Å². The van der Waals surface area contributed by atoms with E-state index in [9.17, 15) is 0 Å². The van der Waals surface area contributed by atoms with E-state index < -0.39 is 0 Å². The van der Waals surface area contributed by atoms with Gasteiger partial charge in [-0.15, -0.1) is 0 Å². The SMILES string of the molecule is CC.CC.CCC(CC)CO. The van der Waals surface area contributed by atoms with Crippen molar-refractivity contribution < 1.29 is 5.11 Å². The van der Waals surface area contributed by atoms with Crippen molar-refractivity contribution in [3.05, 3.63) is 0 Å². The molecule has 0 rings (SSSR count). The highest BCUT2D eigenvalue weighted by molar-refractivity contribution is 4.48. The smallest absolute Gasteiger partial charge is 0.0459 e. The summed E-state index contributed by atoms with van der Waals surface area (Å²) in [6.45, 7) is 12.6. The zero-order valence-electron chi connectivity index (χ0n) is 9.15. The minimum atomic E-state index is 0.354. The largest absolute Gasteiger partial charge is 0.396 e. The van der Waals surface area contributed by atoms with Gasteiger partial charge in [0, 0.05) is 6.61 Å². The Morgan fingerprint density at radius 3 is 1.18 bits per heavy atom. The fourth-order valence-corrected chi connectivity index (χ4v) is 0.547. The topological polar surface area (TPSA) is 20.2 Å². The van der Waals surface area contributed by atoms with Crippen molar-refractivity contribution in [1.82, 2.24) is 0 Å². The fraction of sp³-hybridized carbons (Fsp3) is 1.00. The Morgan fingerprint density at radius 2 is 1.18 bits per heavy atom. The first kappa shape index (κ1) is 17.2. The van der Waals surface area contributed by atoms with Gasteiger partial charge in [-0.05, 0) is 5.92 Å². The first-order valence-electron chi connectivity index (χ1n) is 4.96. The molecule has 0 aromatic rings. The molecular weight excluding hydrogens is 136 g/mol. The molecule has 0 heterocycles. The summed E-state index contributed by atoms with van der Waals surface area (Å²) in [6, 6.07) is 0. The Kier molecular flexibility index (Phi) is 35.1. The predicted molar refractivity (Wildman–Crippen MR) is 53.9 cm³/mol. The monoisotopic (exact) mass is 162 g/mol. The maximum atomic E-state index is 8.53. The number of aliphatic hydroxyl groups is 1. The molecule has 0 amide bonds. The summed E-state index contributed by atoms with van der Waals surface area (Å²) in [7, 11) is 0. The molecule has 0 fully saturated rings. The lowest BCUT2D eigenvalue weighted by atomic mass is 10.1. The van der Waals surface area contributed by atoms with Crippen molar-refractivity contribution in [3.63, 3.8) is 0 Å². The maximum Gasteiger partial charge on any atom is 0.0459 e. The van der Waals surface area contributed by atoms with Crippen LogP contribution in [0.25, 0.3) is 0 Å². The molecule has 0 bridgehead atoms. The molecule has 0 aliphatic carbocycles. The molecule has 0 aromatic heterocycles. The lowest BCUT2D eigenvalue weighted by molar-refractivity contribution is 0.219. The number of rotatable bonds is 3. The Balaban J connectivity index is -0.000000138. The second-order valence-electron chi connectivity index (χ2n) is 1.87. The summed E-state index contributed by atoms with van der Waals surface area (Å²) in [6.07, 6.45) is 2.21. The number of hydrogen-bond donors (Lipinski definition) is 1. The first-order valence-corrected chi connectivity index (χ1v) is 4.96. The summed E-state index contributed by atoms with van der Waals surface area (Å²) in [5.74, 6) is 0.542. The number of hydrogen-bond acceptors (Lipinski definition) is 1. The Bertz CT molecular complexity index is 26.3. The Labute approximate surface area is 72.8 Å². The Hall–Kier alpha value is -0.0400. The van der Waals surface area contributed by atoms with Crippen molar-refractivity contribution in [2.24, 2.45) is 5.92 Å². The van der Waals surface area contributed by atoms with Crippen LogP contribution in [-0.4, -0.2) is 11.7 Å². The van der Waals surface area contributed by atoms with E-state index in [1.54, 1.807) is 0 Å². The highest BCUT2D eigenvalue weighted by atomic mass is 16.3. The second-order valence-corrected chi connectivity index (χ2v) is 1.87. The molecule has 0 saturated carbocycles. The van der Waals surface area contributed by atoms with Gasteiger partial charge in [0.2, 0.25) is 0 Å². The highest BCUT2D eigenvalue weighted by Crippen LogP contribution is 2.03. The van der Waals surface area contributed by atoms with Crippen molar-refractivity contribution >= 4 is 0 Å². The zero-order chi connectivity index (χ0) is 9.70. The lowest BCUT2D eigenvalue weighted by Gasteiger charge is -2.04. The molecule has 0 aliphatic rings. The van der Waals surface area contributed by atoms with Gasteiger partial charge in [-0.2, -0.15) is 0 Å². The van der Waals surface area contributed by atoms with Gasteiger partial charge in [0.15, 0.2) is 0 Å². The molecule has 0 aromatic carbocycles. The fourth-order valence-electron chi connectivity index (χ4n) is 0.547. The van der Waals surface area contributed by atoms with E-state index in [1.165, 1.54) is 0 Å². The summed E-state index contributed by atoms with van der Waals surface area (Å²) in [5.41, 5.74) is 0. The van der Waals surface area contributed by atoms with Crippen LogP contribution in [0.15, 0.2) is 0 Å². The molecule has 0 atom stereocenters. The van der Waals surface area contributed by atoms with E-state index in [4.69, 9.17) is 5.11 Å². The van der Waals surface area contributed by atoms with E-state index in [2.05, 4.69) is 13.8 Å². The van der Waals surface area contributed by atoms with E-state index in [-0.39, 0.29) is 0 Å². The molecule has 0 aliphatic heterocycles. The maximum absolute atomic E-state index is 8.53. The van der Waals surface area contributed by atoms with Crippen LogP contribution in [0.1, 0.15) is 54.4 Å². The second kappa shape index (κ2) is 22.5. The molecule has 1 heteroatoms. The minimum absolute atomic E-state index is 0.354. The van der Waals surface area contributed by atoms with Crippen molar-refractivity contribution in [3.8, 4) is 0 Å². The van der Waals surface area contributed by atoms with Crippen LogP contribution >= 0.6 is 0 Å². The van der Waals surface area contributed by atoms with Crippen molar-refractivity contribution in [2.45, 2.75) is 54.4 Å². The predicted octanol–water partition coefficient (Wildman–Crippen LogP) is 3.47. The van der Waals surface area contributed by atoms with Crippen molar-refractivity contribution in [2.75, 3.05) is 6.61 Å². The van der Waals surface area contributed by atoms with Gasteiger partial charge in [0.1, 0.15) is 0 Å². The Morgan fingerprint density at radius 1 is 0.909 bits per heavy atom. The molecule has 0 saturated heterocycles. The van der Waals surface area contributed by atoms with Crippen LogP contribution in [0.5, 0.6) is 0 Å². The van der Waals surface area contributed by atoms with E-state index >= 15 is 0 Å². The van der Waals surface area contributed by atoms with Gasteiger partial charge in [0.05, 0.1) is 0 Å². The third-order valence-corrected chi connectivity index (χ3v) is 1.41. The van der Waals surface area contributed by atoms with Crippen LogP contribution < -0.4 is 0 Å². The van der Waals surface area contributed by atoms with Gasteiger partial charge in [-0.25, -0.2) is 0 Å². The summed E-state index contributed by atoms with van der Waals surface area (Å²) < 4.78 is 0. The average molecular weight is 162 g/mol. The molecule has 1 nitrogen and oxygen atoms in total. The lowest BCUT2D eigenvalue weighted by Crippen LogP contribution is -2.01. The summed E-state index contributed by atoms with van der Waals surface area (Å²) >= 11 is 0. The van der Waals surface area contributed by atoms with Crippen LogP contribution in [-0.2, 0) is 0 Å². The molecule has 72 valence electrons. The molecule has 0 spiro atoms. The standard InChI is InChI=1S/C6H14O.2C2H6/c1-3-6(4-2)5-7;2*1-2/h6-7H,3-5H2,1-2H3;2*1-2H3. The van der Waals surface area contributed by atoms with E-state index in [0.29, 0.717) is 12.5 Å². The molecule has 1 N–H and O–H groups in total. The number of aliphatic hydroxyl groups excluding tert-OH is 1. The van der Waals surface area contributed by atoms with E-state index in [1.807, 2.05) is 27.7 Å². The first-order chi connectivity index (χ1) is 5.35. The van der Waals surface area contributed by atoms with Gasteiger partial charge in [-0.1, -0.05) is 54.4 Å². The zero-order valence-corrected chi connectivity index (χ0v) is 9.15. The third kappa shape index (κ3) is 17.8. The van der Waals surface area contributed by atoms with Gasteiger partial charge in [0.25, 0.3) is 0 Å². The van der Waals surface area contributed by atoms with Gasteiger partial charge >= 0.3 is 0 Å². The van der Waals surface area contributed by atoms with Gasteiger partial charge in [-0.3, -0.25) is 0 Å². The third-order valence-electron chi connectivity index (χ3n) is 1.41. The van der Waals surface area contributed by atoms with Crippen LogP contribution in [0, 0.1) is 5.92 Å². The summed E-state index contributed by atoms with van der Waals surface area (Å²) in [5, 5.41) is 8.53. The van der Waals surface area contributed by atoms with Gasteiger partial charge < -0.3 is 5.11 Å². The normalized spacial score (nSPS) is 7.64. The highest BCUT2D eigenvalue weighted by Gasteiger charge is 1.97. The minimum Gasteiger partial charge on any atom is -0.396 e. The average Bonchev–Trinajstić information content (AvgIpc) is 2.14. The molecule has 11 heavy (non-hydrogen) atoms. The molecule has 0 unspecified atom stereocenters. The quantitative estimate of drug-likeness (QED) is 0.673. The van der Waals surface area contributed by atoms with Crippen LogP contribution in [0.4, 0.5) is 0 Å².